The van der Waals surface area contributed by atoms with Crippen LogP contribution in [0.2, 0.25) is 0 Å². The van der Waals surface area contributed by atoms with E-state index >= 15 is 0 Å². The number of rotatable bonds is 21. The molecule has 1 heterocycles. The second-order valence-electron chi connectivity index (χ2n) is 9.58. The van der Waals surface area contributed by atoms with Gasteiger partial charge in [0, 0.05) is 6.61 Å². The molecule has 192 valence electrons. The topological polar surface area (TPSA) is 99.4 Å². The zero-order valence-corrected chi connectivity index (χ0v) is 20.6. The molecule has 0 aromatic heterocycles. The van der Waals surface area contributed by atoms with Crippen LogP contribution in [0.4, 0.5) is 0 Å². The molecule has 1 aliphatic rings. The lowest BCUT2D eigenvalue weighted by molar-refractivity contribution is -0.301. The Bertz CT molecular complexity index is 406. The van der Waals surface area contributed by atoms with Gasteiger partial charge in [0.1, 0.15) is 24.4 Å². The van der Waals surface area contributed by atoms with Gasteiger partial charge in [-0.15, -0.1) is 0 Å². The highest BCUT2D eigenvalue weighted by Gasteiger charge is 2.43. The van der Waals surface area contributed by atoms with E-state index in [1.54, 1.807) is 0 Å². The molecule has 6 nitrogen and oxygen atoms in total. The maximum Gasteiger partial charge on any atom is 0.186 e. The Kier molecular flexibility index (Phi) is 18.8. The Morgan fingerprint density at radius 1 is 0.562 bits per heavy atom. The van der Waals surface area contributed by atoms with E-state index in [0.29, 0.717) is 6.61 Å². The van der Waals surface area contributed by atoms with Crippen LogP contribution in [0.3, 0.4) is 0 Å². The Morgan fingerprint density at radius 3 is 1.38 bits per heavy atom. The summed E-state index contributed by atoms with van der Waals surface area (Å²) in [6, 6.07) is 0. The largest absolute Gasteiger partial charge is 0.394 e. The molecular weight excluding hydrogens is 408 g/mol. The van der Waals surface area contributed by atoms with Gasteiger partial charge in [-0.3, -0.25) is 0 Å². The Morgan fingerprint density at radius 2 is 0.969 bits per heavy atom. The molecule has 0 bridgehead atoms. The number of hydrogen-bond acceptors (Lipinski definition) is 6. The molecule has 6 heteroatoms. The van der Waals surface area contributed by atoms with Crippen LogP contribution in [0, 0.1) is 0 Å². The van der Waals surface area contributed by atoms with Crippen LogP contribution < -0.4 is 0 Å². The average Bonchev–Trinajstić information content (AvgIpc) is 2.80. The molecule has 0 amide bonds. The van der Waals surface area contributed by atoms with Crippen molar-refractivity contribution in [3.05, 3.63) is 0 Å². The second-order valence-corrected chi connectivity index (χ2v) is 9.58. The van der Waals surface area contributed by atoms with Gasteiger partial charge in [0.15, 0.2) is 6.29 Å². The highest BCUT2D eigenvalue weighted by atomic mass is 16.7. The van der Waals surface area contributed by atoms with E-state index in [1.165, 1.54) is 103 Å². The maximum absolute atomic E-state index is 9.93. The number of aliphatic hydroxyl groups excluding tert-OH is 4. The van der Waals surface area contributed by atoms with Crippen molar-refractivity contribution in [3.63, 3.8) is 0 Å². The molecule has 0 aliphatic carbocycles. The summed E-state index contributed by atoms with van der Waals surface area (Å²) in [6.45, 7) is 2.28. The van der Waals surface area contributed by atoms with Gasteiger partial charge in [-0.2, -0.15) is 0 Å². The number of ether oxygens (including phenoxy) is 2. The van der Waals surface area contributed by atoms with Crippen molar-refractivity contribution in [2.45, 2.75) is 153 Å². The van der Waals surface area contributed by atoms with Gasteiger partial charge in [-0.05, 0) is 6.42 Å². The molecule has 0 radical (unpaired) electrons. The molecule has 1 unspecified atom stereocenters. The zero-order valence-electron chi connectivity index (χ0n) is 20.6. The molecule has 32 heavy (non-hydrogen) atoms. The van der Waals surface area contributed by atoms with E-state index in [4.69, 9.17) is 9.47 Å². The first-order valence-corrected chi connectivity index (χ1v) is 13.5. The fourth-order valence-corrected chi connectivity index (χ4v) is 4.41. The third kappa shape index (κ3) is 13.5. The van der Waals surface area contributed by atoms with E-state index in [2.05, 4.69) is 6.92 Å². The van der Waals surface area contributed by atoms with Crippen molar-refractivity contribution in [2.24, 2.45) is 0 Å². The molecule has 5 atom stereocenters. The SMILES string of the molecule is CCCCCCCCCCCCCCCCCCCCOC1O[C@H](CO)[C@@H](O)[C@H](O)[C@H]1O. The summed E-state index contributed by atoms with van der Waals surface area (Å²) in [5.41, 5.74) is 0. The van der Waals surface area contributed by atoms with Crippen molar-refractivity contribution < 1.29 is 29.9 Å². The third-order valence-corrected chi connectivity index (χ3v) is 6.63. The molecule has 0 spiro atoms. The smallest absolute Gasteiger partial charge is 0.186 e. The minimum absolute atomic E-state index is 0.427. The van der Waals surface area contributed by atoms with E-state index in [1.807, 2.05) is 0 Å². The van der Waals surface area contributed by atoms with Crippen LogP contribution >= 0.6 is 0 Å². The van der Waals surface area contributed by atoms with Gasteiger partial charge in [-0.25, -0.2) is 0 Å². The minimum Gasteiger partial charge on any atom is -0.394 e. The van der Waals surface area contributed by atoms with Gasteiger partial charge in [-0.1, -0.05) is 116 Å². The molecule has 0 saturated carbocycles. The van der Waals surface area contributed by atoms with Gasteiger partial charge < -0.3 is 29.9 Å². The molecule has 0 aromatic rings. The average molecular weight is 461 g/mol. The summed E-state index contributed by atoms with van der Waals surface area (Å²) >= 11 is 0. The van der Waals surface area contributed by atoms with Crippen molar-refractivity contribution in [1.29, 1.82) is 0 Å². The van der Waals surface area contributed by atoms with Crippen molar-refractivity contribution in [1.82, 2.24) is 0 Å². The predicted molar refractivity (Wildman–Crippen MR) is 128 cm³/mol. The fourth-order valence-electron chi connectivity index (χ4n) is 4.41. The van der Waals surface area contributed by atoms with Gasteiger partial charge in [0.05, 0.1) is 6.61 Å². The van der Waals surface area contributed by atoms with Crippen LogP contribution in [0.1, 0.15) is 122 Å². The standard InChI is InChI=1S/C26H52O6/c1-2-3-4-5-6-7-8-9-10-11-12-13-14-15-16-17-18-19-20-31-26-25(30)24(29)23(28)22(21-27)32-26/h22-30H,2-21H2,1H3/t22-,23-,24+,25-,26?/m1/s1. The van der Waals surface area contributed by atoms with E-state index < -0.39 is 37.3 Å². The van der Waals surface area contributed by atoms with Crippen LogP contribution in [0.5, 0.6) is 0 Å². The van der Waals surface area contributed by atoms with Gasteiger partial charge in [0.25, 0.3) is 0 Å². The maximum atomic E-state index is 9.93. The molecule has 4 N–H and O–H groups in total. The summed E-state index contributed by atoms with van der Waals surface area (Å²) in [7, 11) is 0. The summed E-state index contributed by atoms with van der Waals surface area (Å²) in [5.74, 6) is 0. The van der Waals surface area contributed by atoms with E-state index in [0.717, 1.165) is 12.8 Å². The summed E-state index contributed by atoms with van der Waals surface area (Å²) in [6.07, 6.45) is 17.9. The van der Waals surface area contributed by atoms with Crippen LogP contribution in [0.15, 0.2) is 0 Å². The molecule has 0 aromatic carbocycles. The van der Waals surface area contributed by atoms with Crippen molar-refractivity contribution >= 4 is 0 Å². The molecule has 1 saturated heterocycles. The molecule has 1 rings (SSSR count). The predicted octanol–water partition coefficient (Wildman–Crippen LogP) is 4.84. The molecule has 1 fully saturated rings. The second kappa shape index (κ2) is 20.2. The number of unbranched alkanes of at least 4 members (excludes halogenated alkanes) is 17. The summed E-state index contributed by atoms with van der Waals surface area (Å²) in [4.78, 5) is 0. The Balaban J connectivity index is 1.82. The Hall–Kier alpha value is -0.240. The van der Waals surface area contributed by atoms with E-state index in [9.17, 15) is 20.4 Å². The Labute approximate surface area is 196 Å². The highest BCUT2D eigenvalue weighted by Crippen LogP contribution is 2.22. The summed E-state index contributed by atoms with van der Waals surface area (Å²) in [5, 5.41) is 38.6. The van der Waals surface area contributed by atoms with Crippen molar-refractivity contribution in [3.8, 4) is 0 Å². The lowest BCUT2D eigenvalue weighted by atomic mass is 9.99. The quantitative estimate of drug-likeness (QED) is 0.183. The van der Waals surface area contributed by atoms with Crippen molar-refractivity contribution in [2.75, 3.05) is 13.2 Å². The summed E-state index contributed by atoms with van der Waals surface area (Å²) < 4.78 is 10.9. The highest BCUT2D eigenvalue weighted by molar-refractivity contribution is 4.88. The van der Waals surface area contributed by atoms with Crippen LogP contribution in [0.25, 0.3) is 0 Å². The number of hydrogen-bond donors (Lipinski definition) is 4. The first kappa shape index (κ1) is 29.8. The molecule has 1 aliphatic heterocycles. The first-order chi connectivity index (χ1) is 15.6. The van der Waals surface area contributed by atoms with Crippen LogP contribution in [-0.2, 0) is 9.47 Å². The fraction of sp³-hybridized carbons (Fsp3) is 1.00. The lowest BCUT2D eigenvalue weighted by Gasteiger charge is -2.39. The monoisotopic (exact) mass is 460 g/mol. The third-order valence-electron chi connectivity index (χ3n) is 6.63. The normalized spacial score (nSPS) is 26.0. The zero-order chi connectivity index (χ0) is 23.4. The molecular formula is C26H52O6. The minimum atomic E-state index is -1.37. The lowest BCUT2D eigenvalue weighted by Crippen LogP contribution is -2.59. The van der Waals surface area contributed by atoms with Gasteiger partial charge in [0.2, 0.25) is 0 Å². The first-order valence-electron chi connectivity index (χ1n) is 13.5. The van der Waals surface area contributed by atoms with Crippen LogP contribution in [-0.4, -0.2) is 64.3 Å². The number of aliphatic hydroxyl groups is 4. The van der Waals surface area contributed by atoms with E-state index in [-0.39, 0.29) is 0 Å². The van der Waals surface area contributed by atoms with Gasteiger partial charge >= 0.3 is 0 Å².